The third kappa shape index (κ3) is 3.16. The van der Waals surface area contributed by atoms with Crippen LogP contribution in [0.4, 0.5) is 5.13 Å². The maximum atomic E-state index is 12.6. The van der Waals surface area contributed by atoms with Crippen LogP contribution in [0, 0.1) is 11.3 Å². The zero-order chi connectivity index (χ0) is 19.8. The maximum Gasteiger partial charge on any atom is 0.268 e. The highest BCUT2D eigenvalue weighted by atomic mass is 32.1. The smallest absolute Gasteiger partial charge is 0.268 e. The van der Waals surface area contributed by atoms with Crippen molar-refractivity contribution in [2.24, 2.45) is 0 Å². The number of nitrogens with zero attached hydrogens (tertiary/aromatic N) is 2. The van der Waals surface area contributed by atoms with Gasteiger partial charge in [0.25, 0.3) is 5.91 Å². The van der Waals surface area contributed by atoms with Gasteiger partial charge in [0.1, 0.15) is 11.6 Å². The van der Waals surface area contributed by atoms with E-state index in [-0.39, 0.29) is 12.4 Å². The summed E-state index contributed by atoms with van der Waals surface area (Å²) in [4.78, 5) is 17.2. The molecular formula is C22H13N3O3S. The van der Waals surface area contributed by atoms with Gasteiger partial charge in [0.2, 0.25) is 6.79 Å². The van der Waals surface area contributed by atoms with Gasteiger partial charge in [-0.25, -0.2) is 4.98 Å². The minimum atomic E-state index is -0.506. The monoisotopic (exact) mass is 399 g/mol. The largest absolute Gasteiger partial charge is 0.454 e. The highest BCUT2D eigenvalue weighted by Crippen LogP contribution is 2.34. The van der Waals surface area contributed by atoms with E-state index in [1.807, 2.05) is 42.5 Å². The van der Waals surface area contributed by atoms with E-state index in [9.17, 15) is 10.1 Å². The van der Waals surface area contributed by atoms with E-state index >= 15 is 0 Å². The molecule has 1 aliphatic rings. The molecule has 5 rings (SSSR count). The molecule has 0 saturated carbocycles. The van der Waals surface area contributed by atoms with Crippen molar-refractivity contribution in [1.82, 2.24) is 4.98 Å². The van der Waals surface area contributed by atoms with E-state index in [1.54, 1.807) is 18.2 Å². The zero-order valence-electron chi connectivity index (χ0n) is 15.0. The Morgan fingerprint density at radius 2 is 2.00 bits per heavy atom. The summed E-state index contributed by atoms with van der Waals surface area (Å²) in [6.45, 7) is 0.167. The van der Waals surface area contributed by atoms with Gasteiger partial charge in [-0.3, -0.25) is 10.1 Å². The van der Waals surface area contributed by atoms with Gasteiger partial charge in [-0.15, -0.1) is 0 Å². The standard InChI is InChI=1S/C22H13N3O3S/c23-11-15(9-13-5-7-17-18(10-13)28-12-27-17)21(26)25-22-24-20-16-4-2-1-3-14(16)6-8-19(20)29-22/h1-10H,12H2,(H,24,25,26). The molecule has 7 heteroatoms. The Morgan fingerprint density at radius 1 is 1.14 bits per heavy atom. The Labute approximate surface area is 169 Å². The molecule has 29 heavy (non-hydrogen) atoms. The predicted molar refractivity (Wildman–Crippen MR) is 112 cm³/mol. The molecule has 4 aromatic rings. The molecule has 0 atom stereocenters. The molecule has 1 aromatic heterocycles. The van der Waals surface area contributed by atoms with Crippen molar-refractivity contribution >= 4 is 49.4 Å². The molecule has 0 radical (unpaired) electrons. The maximum absolute atomic E-state index is 12.6. The molecule has 140 valence electrons. The van der Waals surface area contributed by atoms with Gasteiger partial charge < -0.3 is 9.47 Å². The number of aromatic nitrogens is 1. The number of benzene rings is 3. The van der Waals surface area contributed by atoms with Crippen LogP contribution >= 0.6 is 11.3 Å². The first-order valence-corrected chi connectivity index (χ1v) is 9.64. The number of anilines is 1. The molecule has 6 nitrogen and oxygen atoms in total. The molecule has 0 saturated heterocycles. The number of fused-ring (bicyclic) bond motifs is 4. The number of nitrogens with one attached hydrogen (secondary N) is 1. The Kier molecular flexibility index (Phi) is 4.12. The fourth-order valence-electron chi connectivity index (χ4n) is 3.20. The number of hydrogen-bond donors (Lipinski definition) is 1. The molecule has 0 unspecified atom stereocenters. The van der Waals surface area contributed by atoms with Gasteiger partial charge in [0.05, 0.1) is 10.2 Å². The van der Waals surface area contributed by atoms with E-state index in [0.717, 1.165) is 21.0 Å². The molecule has 2 heterocycles. The van der Waals surface area contributed by atoms with Crippen LogP contribution in [0.5, 0.6) is 11.5 Å². The number of thiazole rings is 1. The fourth-order valence-corrected chi connectivity index (χ4v) is 4.07. The Bertz CT molecular complexity index is 1350. The lowest BCUT2D eigenvalue weighted by Gasteiger charge is -2.01. The van der Waals surface area contributed by atoms with Crippen molar-refractivity contribution in [3.05, 3.63) is 65.7 Å². The van der Waals surface area contributed by atoms with Crippen LogP contribution in [0.15, 0.2) is 60.2 Å². The van der Waals surface area contributed by atoms with Gasteiger partial charge >= 0.3 is 0 Å². The Balaban J connectivity index is 1.44. The molecule has 1 aliphatic heterocycles. The topological polar surface area (TPSA) is 84.2 Å². The third-order valence-corrected chi connectivity index (χ3v) is 5.51. The van der Waals surface area contributed by atoms with Crippen molar-refractivity contribution in [2.75, 3.05) is 12.1 Å². The number of nitriles is 1. The summed E-state index contributed by atoms with van der Waals surface area (Å²) in [7, 11) is 0. The summed E-state index contributed by atoms with van der Waals surface area (Å²) in [5.41, 5.74) is 1.49. The number of carbonyl (C=O) groups excluding carboxylic acids is 1. The van der Waals surface area contributed by atoms with Gasteiger partial charge in [-0.1, -0.05) is 47.7 Å². The Hall–Kier alpha value is -3.89. The van der Waals surface area contributed by atoms with E-state index < -0.39 is 5.91 Å². The van der Waals surface area contributed by atoms with Crippen molar-refractivity contribution in [2.45, 2.75) is 0 Å². The second-order valence-corrected chi connectivity index (χ2v) is 7.42. The van der Waals surface area contributed by atoms with Crippen molar-refractivity contribution in [1.29, 1.82) is 5.26 Å². The molecule has 0 aliphatic carbocycles. The molecule has 0 spiro atoms. The van der Waals surface area contributed by atoms with Crippen LogP contribution in [0.1, 0.15) is 5.56 Å². The summed E-state index contributed by atoms with van der Waals surface area (Å²) in [6, 6.07) is 19.2. The molecule has 1 amide bonds. The minimum absolute atomic E-state index is 0.0204. The first-order valence-electron chi connectivity index (χ1n) is 8.82. The average Bonchev–Trinajstić information content (AvgIpc) is 3.37. The van der Waals surface area contributed by atoms with E-state index in [2.05, 4.69) is 10.3 Å². The van der Waals surface area contributed by atoms with Crippen LogP contribution in [0.2, 0.25) is 0 Å². The molecule has 3 aromatic carbocycles. The van der Waals surface area contributed by atoms with Gasteiger partial charge in [0, 0.05) is 5.39 Å². The highest BCUT2D eigenvalue weighted by Gasteiger charge is 2.16. The van der Waals surface area contributed by atoms with Gasteiger partial charge in [0.15, 0.2) is 16.6 Å². The van der Waals surface area contributed by atoms with E-state index in [0.29, 0.717) is 22.2 Å². The van der Waals surface area contributed by atoms with Crippen LogP contribution < -0.4 is 14.8 Å². The van der Waals surface area contributed by atoms with Crippen LogP contribution in [-0.4, -0.2) is 17.7 Å². The van der Waals surface area contributed by atoms with Crippen molar-refractivity contribution in [3.63, 3.8) is 0 Å². The normalized spacial score (nSPS) is 12.9. The first-order chi connectivity index (χ1) is 14.2. The van der Waals surface area contributed by atoms with E-state index in [1.165, 1.54) is 17.4 Å². The Morgan fingerprint density at radius 3 is 2.90 bits per heavy atom. The molecule has 1 N–H and O–H groups in total. The summed E-state index contributed by atoms with van der Waals surface area (Å²) in [5.74, 6) is 0.731. The summed E-state index contributed by atoms with van der Waals surface area (Å²) < 4.78 is 11.6. The molecule has 0 bridgehead atoms. The van der Waals surface area contributed by atoms with Crippen LogP contribution in [-0.2, 0) is 4.79 Å². The number of carbonyl (C=O) groups is 1. The summed E-state index contributed by atoms with van der Waals surface area (Å²) >= 11 is 1.37. The lowest BCUT2D eigenvalue weighted by molar-refractivity contribution is -0.112. The van der Waals surface area contributed by atoms with Crippen molar-refractivity contribution in [3.8, 4) is 17.6 Å². The van der Waals surface area contributed by atoms with Crippen LogP contribution in [0.25, 0.3) is 27.1 Å². The fraction of sp³-hybridized carbons (Fsp3) is 0.0455. The van der Waals surface area contributed by atoms with Crippen LogP contribution in [0.3, 0.4) is 0 Å². The molecule has 0 fully saturated rings. The molecular weight excluding hydrogens is 386 g/mol. The van der Waals surface area contributed by atoms with Gasteiger partial charge in [-0.2, -0.15) is 5.26 Å². The number of ether oxygens (including phenoxy) is 2. The summed E-state index contributed by atoms with van der Waals surface area (Å²) in [6.07, 6.45) is 1.51. The minimum Gasteiger partial charge on any atom is -0.454 e. The lowest BCUT2D eigenvalue weighted by Crippen LogP contribution is -2.13. The van der Waals surface area contributed by atoms with Gasteiger partial charge in [-0.05, 0) is 35.2 Å². The number of rotatable bonds is 3. The lowest BCUT2D eigenvalue weighted by atomic mass is 10.1. The number of hydrogen-bond acceptors (Lipinski definition) is 6. The average molecular weight is 399 g/mol. The second-order valence-electron chi connectivity index (χ2n) is 6.39. The van der Waals surface area contributed by atoms with Crippen molar-refractivity contribution < 1.29 is 14.3 Å². The quantitative estimate of drug-likeness (QED) is 0.398. The summed E-state index contributed by atoms with van der Waals surface area (Å²) in [5, 5.41) is 14.8. The SMILES string of the molecule is N#CC(=Cc1ccc2c(c1)OCO2)C(=O)Nc1nc2c(ccc3ccccc32)s1. The number of amides is 1. The first kappa shape index (κ1) is 17.2. The highest BCUT2D eigenvalue weighted by molar-refractivity contribution is 7.22. The van der Waals surface area contributed by atoms with E-state index in [4.69, 9.17) is 9.47 Å². The third-order valence-electron chi connectivity index (χ3n) is 4.58. The second kappa shape index (κ2) is 6.93. The zero-order valence-corrected chi connectivity index (χ0v) is 15.8. The predicted octanol–water partition coefficient (Wildman–Crippen LogP) is 4.72.